The molecule has 0 radical (unpaired) electrons. The van der Waals surface area contributed by atoms with Crippen LogP contribution in [-0.2, 0) is 11.8 Å². The molecule has 0 fully saturated rings. The number of carbonyl (C=O) groups excluding carboxylic acids is 2. The predicted octanol–water partition coefficient (Wildman–Crippen LogP) is 6.30. The van der Waals surface area contributed by atoms with E-state index in [0.29, 0.717) is 0 Å². The van der Waals surface area contributed by atoms with Crippen LogP contribution in [0.1, 0.15) is 27.5 Å². The Bertz CT molecular complexity index is 1530. The molecule has 0 bridgehead atoms. The van der Waals surface area contributed by atoms with Gasteiger partial charge in [-0.1, -0.05) is 48.5 Å². The second kappa shape index (κ2) is 9.66. The van der Waals surface area contributed by atoms with Gasteiger partial charge in [-0.25, -0.2) is 22.8 Å². The van der Waals surface area contributed by atoms with Crippen molar-refractivity contribution in [2.75, 3.05) is 11.9 Å². The van der Waals surface area contributed by atoms with Crippen molar-refractivity contribution in [3.05, 3.63) is 107 Å². The molecule has 11 heteroatoms. The summed E-state index contributed by atoms with van der Waals surface area (Å²) in [6, 6.07) is 16.6. The first-order valence-corrected chi connectivity index (χ1v) is 11.2. The average Bonchev–Trinajstić information content (AvgIpc) is 3.44. The molecule has 3 aromatic carbocycles. The zero-order valence-electron chi connectivity index (χ0n) is 19.5. The number of anilines is 1. The molecule has 6 nitrogen and oxygen atoms in total. The van der Waals surface area contributed by atoms with E-state index in [4.69, 9.17) is 4.74 Å². The van der Waals surface area contributed by atoms with E-state index in [2.05, 4.69) is 10.1 Å². The molecule has 1 aliphatic rings. The quantitative estimate of drug-likeness (QED) is 0.109. The standard InChI is InChI=1S/C27H17F5N2O4/c1-34-11-13(10-19(34)26(35)38-25-23(31)21(29)20(28)22(30)24(25)32)33-27(36)37-12-18-16-8-4-2-6-14(16)15-7-3-5-9-17(15)18/h2-11,18H,12H2,1H3,(H,33,36). The Balaban J connectivity index is 1.27. The zero-order valence-corrected chi connectivity index (χ0v) is 19.5. The lowest BCUT2D eigenvalue weighted by Crippen LogP contribution is -2.17. The van der Waals surface area contributed by atoms with E-state index in [1.165, 1.54) is 13.2 Å². The summed E-state index contributed by atoms with van der Waals surface area (Å²) in [5, 5.41) is 2.43. The second-order valence-electron chi connectivity index (χ2n) is 8.46. The van der Waals surface area contributed by atoms with Gasteiger partial charge in [-0.3, -0.25) is 5.32 Å². The lowest BCUT2D eigenvalue weighted by atomic mass is 9.98. The molecule has 0 atom stereocenters. The van der Waals surface area contributed by atoms with Crippen LogP contribution in [0.5, 0.6) is 5.75 Å². The number of hydrogen-bond donors (Lipinski definition) is 1. The molecule has 0 saturated heterocycles. The number of benzene rings is 3. The van der Waals surface area contributed by atoms with E-state index in [1.54, 1.807) is 0 Å². The largest absolute Gasteiger partial charge is 0.448 e. The van der Waals surface area contributed by atoms with Crippen molar-refractivity contribution in [3.63, 3.8) is 0 Å². The zero-order chi connectivity index (χ0) is 27.1. The number of ether oxygens (including phenoxy) is 2. The number of aryl methyl sites for hydroxylation is 1. The van der Waals surface area contributed by atoms with Crippen molar-refractivity contribution >= 4 is 17.7 Å². The summed E-state index contributed by atoms with van der Waals surface area (Å²) in [5.41, 5.74) is 3.85. The smallest absolute Gasteiger partial charge is 0.411 e. The van der Waals surface area contributed by atoms with Crippen molar-refractivity contribution in [3.8, 4) is 16.9 Å². The summed E-state index contributed by atoms with van der Waals surface area (Å²) in [4.78, 5) is 24.9. The van der Waals surface area contributed by atoms with Crippen LogP contribution in [0.15, 0.2) is 60.8 Å². The first-order chi connectivity index (χ1) is 18.2. The number of carbonyl (C=O) groups is 2. The summed E-state index contributed by atoms with van der Waals surface area (Å²) in [7, 11) is 1.35. The molecule has 0 spiro atoms. The lowest BCUT2D eigenvalue weighted by molar-refractivity contribution is 0.0706. The number of halogens is 5. The molecule has 0 saturated carbocycles. The van der Waals surface area contributed by atoms with Crippen molar-refractivity contribution in [2.24, 2.45) is 7.05 Å². The Kier molecular flexibility index (Phi) is 6.35. The van der Waals surface area contributed by atoms with E-state index in [1.807, 2.05) is 48.5 Å². The fourth-order valence-electron chi connectivity index (χ4n) is 4.41. The highest BCUT2D eigenvalue weighted by atomic mass is 19.2. The van der Waals surface area contributed by atoms with E-state index < -0.39 is 46.9 Å². The number of nitrogens with zero attached hydrogens (tertiary/aromatic N) is 1. The van der Waals surface area contributed by atoms with E-state index in [-0.39, 0.29) is 23.9 Å². The SMILES string of the molecule is Cn1cc(NC(=O)OCC2c3ccccc3-c3ccccc32)cc1C(=O)Oc1c(F)c(F)c(F)c(F)c1F. The molecule has 1 aromatic heterocycles. The van der Waals surface area contributed by atoms with Crippen molar-refractivity contribution in [1.82, 2.24) is 4.57 Å². The van der Waals surface area contributed by atoms with E-state index >= 15 is 0 Å². The summed E-state index contributed by atoms with van der Waals surface area (Å²) < 4.78 is 78.8. The number of hydrogen-bond acceptors (Lipinski definition) is 4. The molecule has 1 amide bonds. The van der Waals surface area contributed by atoms with Crippen molar-refractivity contribution < 1.29 is 41.0 Å². The molecule has 4 aromatic rings. The highest BCUT2D eigenvalue weighted by molar-refractivity contribution is 5.93. The van der Waals surface area contributed by atoms with Gasteiger partial charge in [-0.15, -0.1) is 0 Å². The van der Waals surface area contributed by atoms with Gasteiger partial charge in [0.05, 0.1) is 5.69 Å². The number of rotatable bonds is 5. The van der Waals surface area contributed by atoms with Gasteiger partial charge in [0.1, 0.15) is 12.3 Å². The third kappa shape index (κ3) is 4.25. The molecular formula is C27H17F5N2O4. The fraction of sp³-hybridized carbons (Fsp3) is 0.111. The first-order valence-electron chi connectivity index (χ1n) is 11.2. The maximum absolute atomic E-state index is 13.9. The first kappa shape index (κ1) is 25.0. The van der Waals surface area contributed by atoms with E-state index in [9.17, 15) is 31.5 Å². The van der Waals surface area contributed by atoms with Crippen molar-refractivity contribution in [2.45, 2.75) is 5.92 Å². The highest BCUT2D eigenvalue weighted by Crippen LogP contribution is 2.44. The topological polar surface area (TPSA) is 69.6 Å². The number of amides is 1. The minimum atomic E-state index is -2.38. The van der Waals surface area contributed by atoms with Crippen LogP contribution >= 0.6 is 0 Å². The van der Waals surface area contributed by atoms with Gasteiger partial charge < -0.3 is 14.0 Å². The van der Waals surface area contributed by atoms with Crippen LogP contribution in [0.25, 0.3) is 11.1 Å². The van der Waals surface area contributed by atoms with E-state index in [0.717, 1.165) is 32.9 Å². The average molecular weight is 528 g/mol. The molecule has 194 valence electrons. The Morgan fingerprint density at radius 2 is 1.37 bits per heavy atom. The van der Waals surface area contributed by atoms with Gasteiger partial charge in [0.25, 0.3) is 0 Å². The van der Waals surface area contributed by atoms with Crippen LogP contribution in [-0.4, -0.2) is 23.2 Å². The van der Waals surface area contributed by atoms with Gasteiger partial charge in [0.15, 0.2) is 0 Å². The Hall–Kier alpha value is -4.67. The molecule has 1 aliphatic carbocycles. The van der Waals surface area contributed by atoms with Crippen LogP contribution < -0.4 is 10.1 Å². The van der Waals surface area contributed by atoms with Gasteiger partial charge in [-0.05, 0) is 28.3 Å². The maximum atomic E-state index is 13.9. The predicted molar refractivity (Wildman–Crippen MR) is 125 cm³/mol. The summed E-state index contributed by atoms with van der Waals surface area (Å²) in [5.74, 6) is -14.8. The monoisotopic (exact) mass is 528 g/mol. The van der Waals surface area contributed by atoms with Crippen LogP contribution in [0.2, 0.25) is 0 Å². The number of fused-ring (bicyclic) bond motifs is 3. The van der Waals surface area contributed by atoms with Gasteiger partial charge >= 0.3 is 12.1 Å². The molecular weight excluding hydrogens is 511 g/mol. The number of esters is 1. The maximum Gasteiger partial charge on any atom is 0.411 e. The minimum Gasteiger partial charge on any atom is -0.448 e. The third-order valence-corrected chi connectivity index (χ3v) is 6.17. The third-order valence-electron chi connectivity index (χ3n) is 6.17. The van der Waals surface area contributed by atoms with Crippen molar-refractivity contribution in [1.29, 1.82) is 0 Å². The Morgan fingerprint density at radius 3 is 1.95 bits per heavy atom. The minimum absolute atomic E-state index is 0.0296. The second-order valence-corrected chi connectivity index (χ2v) is 8.46. The van der Waals surface area contributed by atoms with Gasteiger partial charge in [-0.2, -0.15) is 8.78 Å². The lowest BCUT2D eigenvalue weighted by Gasteiger charge is -2.14. The number of aromatic nitrogens is 1. The normalized spacial score (nSPS) is 12.2. The van der Waals surface area contributed by atoms with Crippen LogP contribution in [0.3, 0.4) is 0 Å². The summed E-state index contributed by atoms with van der Waals surface area (Å²) in [6.45, 7) is 0.0296. The summed E-state index contributed by atoms with van der Waals surface area (Å²) >= 11 is 0. The summed E-state index contributed by atoms with van der Waals surface area (Å²) in [6.07, 6.45) is 0.438. The highest BCUT2D eigenvalue weighted by Gasteiger charge is 2.31. The Labute approximate surface area is 212 Å². The Morgan fingerprint density at radius 1 is 0.842 bits per heavy atom. The molecule has 1 heterocycles. The van der Waals surface area contributed by atoms with Crippen LogP contribution in [0, 0.1) is 29.1 Å². The molecule has 0 unspecified atom stereocenters. The molecule has 5 rings (SSSR count). The molecule has 38 heavy (non-hydrogen) atoms. The van der Waals surface area contributed by atoms with Crippen LogP contribution in [0.4, 0.5) is 32.4 Å². The molecule has 1 N–H and O–H groups in total. The van der Waals surface area contributed by atoms with Gasteiger partial charge in [0, 0.05) is 19.2 Å². The number of nitrogens with one attached hydrogen (secondary N) is 1. The molecule has 0 aliphatic heterocycles. The fourth-order valence-corrected chi connectivity index (χ4v) is 4.41. The van der Waals surface area contributed by atoms with Gasteiger partial charge in [0.2, 0.25) is 34.8 Å².